The van der Waals surface area contributed by atoms with Gasteiger partial charge in [-0.15, -0.1) is 0 Å². The van der Waals surface area contributed by atoms with Crippen LogP contribution in [0.25, 0.3) is 0 Å². The van der Waals surface area contributed by atoms with Gasteiger partial charge >= 0.3 is 5.97 Å². The fourth-order valence-electron chi connectivity index (χ4n) is 2.68. The molecule has 0 amide bonds. The molecule has 1 saturated heterocycles. The maximum atomic E-state index is 11.9. The fraction of sp³-hybridized carbons (Fsp3) is 0.533. The maximum Gasteiger partial charge on any atom is 0.339 e. The minimum atomic E-state index is -0.260. The van der Waals surface area contributed by atoms with Crippen molar-refractivity contribution in [2.75, 3.05) is 31.6 Å². The molecule has 1 heterocycles. The first-order valence-electron chi connectivity index (χ1n) is 6.92. The van der Waals surface area contributed by atoms with Crippen LogP contribution in [0, 0.1) is 0 Å². The minimum Gasteiger partial charge on any atom is -0.465 e. The van der Waals surface area contributed by atoms with E-state index in [4.69, 9.17) is 4.74 Å². The van der Waals surface area contributed by atoms with E-state index in [1.54, 1.807) is 0 Å². The molecule has 1 aromatic carbocycles. The van der Waals surface area contributed by atoms with E-state index < -0.39 is 0 Å². The molecule has 1 aliphatic rings. The molecule has 0 aromatic heterocycles. The lowest BCUT2D eigenvalue weighted by Gasteiger charge is -2.38. The summed E-state index contributed by atoms with van der Waals surface area (Å²) in [7, 11) is 1.43. The molecule has 1 N–H and O–H groups in total. The Hall–Kier alpha value is -1.55. The van der Waals surface area contributed by atoms with Gasteiger partial charge in [0.05, 0.1) is 18.4 Å². The highest BCUT2D eigenvalue weighted by Crippen LogP contribution is 2.25. The van der Waals surface area contributed by atoms with E-state index in [1.165, 1.54) is 7.11 Å². The molecule has 0 spiro atoms. The van der Waals surface area contributed by atoms with Crippen LogP contribution in [-0.2, 0) is 4.74 Å². The van der Waals surface area contributed by atoms with E-state index in [-0.39, 0.29) is 5.97 Å². The number of esters is 1. The summed E-state index contributed by atoms with van der Waals surface area (Å²) in [6, 6.07) is 8.16. The molecule has 2 rings (SSSR count). The van der Waals surface area contributed by atoms with Crippen LogP contribution in [0.5, 0.6) is 0 Å². The molecule has 104 valence electrons. The van der Waals surface area contributed by atoms with Crippen LogP contribution in [0.15, 0.2) is 24.3 Å². The first-order chi connectivity index (χ1) is 9.27. The summed E-state index contributed by atoms with van der Waals surface area (Å²) in [5, 5.41) is 3.42. The number of nitrogens with one attached hydrogen (secondary N) is 1. The van der Waals surface area contributed by atoms with E-state index in [0.29, 0.717) is 11.6 Å². The quantitative estimate of drug-likeness (QED) is 0.843. The second-order valence-electron chi connectivity index (χ2n) is 4.85. The van der Waals surface area contributed by atoms with Crippen molar-refractivity contribution in [2.45, 2.75) is 25.8 Å². The van der Waals surface area contributed by atoms with Gasteiger partial charge in [0, 0.05) is 25.7 Å². The van der Waals surface area contributed by atoms with Crippen LogP contribution < -0.4 is 10.2 Å². The van der Waals surface area contributed by atoms with E-state index in [9.17, 15) is 4.79 Å². The molecule has 4 nitrogen and oxygen atoms in total. The van der Waals surface area contributed by atoms with E-state index in [1.807, 2.05) is 24.3 Å². The largest absolute Gasteiger partial charge is 0.465 e. The fourth-order valence-corrected chi connectivity index (χ4v) is 2.68. The van der Waals surface area contributed by atoms with Crippen molar-refractivity contribution in [2.24, 2.45) is 0 Å². The van der Waals surface area contributed by atoms with Crippen LogP contribution in [-0.4, -0.2) is 38.8 Å². The van der Waals surface area contributed by atoms with Gasteiger partial charge in [0.1, 0.15) is 0 Å². The number of benzene rings is 1. The zero-order valence-electron chi connectivity index (χ0n) is 11.7. The molecular weight excluding hydrogens is 240 g/mol. The van der Waals surface area contributed by atoms with Gasteiger partial charge in [0.25, 0.3) is 0 Å². The third-order valence-electron chi connectivity index (χ3n) is 3.59. The molecule has 0 aliphatic carbocycles. The lowest BCUT2D eigenvalue weighted by molar-refractivity contribution is 0.0601. The van der Waals surface area contributed by atoms with Gasteiger partial charge in [-0.05, 0) is 18.6 Å². The van der Waals surface area contributed by atoms with Gasteiger partial charge < -0.3 is 15.0 Å². The number of carbonyl (C=O) groups excluding carboxylic acids is 1. The number of rotatable bonds is 4. The van der Waals surface area contributed by atoms with Crippen molar-refractivity contribution < 1.29 is 9.53 Å². The number of anilines is 1. The van der Waals surface area contributed by atoms with Crippen LogP contribution in [0.4, 0.5) is 5.69 Å². The van der Waals surface area contributed by atoms with Gasteiger partial charge in [-0.3, -0.25) is 0 Å². The molecule has 0 unspecified atom stereocenters. The summed E-state index contributed by atoms with van der Waals surface area (Å²) < 4.78 is 4.88. The van der Waals surface area contributed by atoms with Crippen molar-refractivity contribution >= 4 is 11.7 Å². The second-order valence-corrected chi connectivity index (χ2v) is 4.85. The summed E-state index contributed by atoms with van der Waals surface area (Å²) in [6.07, 6.45) is 2.27. The normalized spacial score (nSPS) is 19.3. The number of para-hydroxylation sites is 1. The van der Waals surface area contributed by atoms with Gasteiger partial charge in [0.15, 0.2) is 0 Å². The third-order valence-corrected chi connectivity index (χ3v) is 3.59. The molecule has 0 saturated carbocycles. The van der Waals surface area contributed by atoms with Crippen molar-refractivity contribution in [3.63, 3.8) is 0 Å². The number of methoxy groups -OCH3 is 1. The molecule has 1 aliphatic heterocycles. The number of carbonyl (C=O) groups is 1. The van der Waals surface area contributed by atoms with Gasteiger partial charge in [-0.1, -0.05) is 25.5 Å². The minimum absolute atomic E-state index is 0.260. The number of piperazine rings is 1. The van der Waals surface area contributed by atoms with Crippen molar-refractivity contribution in [1.29, 1.82) is 0 Å². The van der Waals surface area contributed by atoms with Crippen molar-refractivity contribution in [3.8, 4) is 0 Å². The lowest BCUT2D eigenvalue weighted by atomic mass is 10.0. The lowest BCUT2D eigenvalue weighted by Crippen LogP contribution is -2.51. The van der Waals surface area contributed by atoms with Crippen LogP contribution in [0.1, 0.15) is 30.1 Å². The predicted octanol–water partition coefficient (Wildman–Crippen LogP) is 2.05. The molecule has 19 heavy (non-hydrogen) atoms. The Morgan fingerprint density at radius 3 is 3.00 bits per heavy atom. The number of ether oxygens (including phenoxy) is 1. The highest BCUT2D eigenvalue weighted by molar-refractivity contribution is 5.95. The van der Waals surface area contributed by atoms with Crippen molar-refractivity contribution in [1.82, 2.24) is 5.32 Å². The Kier molecular flexibility index (Phi) is 4.80. The summed E-state index contributed by atoms with van der Waals surface area (Å²) in [5.41, 5.74) is 1.65. The predicted molar refractivity (Wildman–Crippen MR) is 76.7 cm³/mol. The first kappa shape index (κ1) is 13.9. The van der Waals surface area contributed by atoms with E-state index in [2.05, 4.69) is 17.1 Å². The number of hydrogen-bond donors (Lipinski definition) is 1. The standard InChI is InChI=1S/C15H22N2O2/c1-3-6-12-11-16-9-10-17(12)14-8-5-4-7-13(14)15(18)19-2/h4-5,7-8,12,16H,3,6,9-11H2,1-2H3/t12-/m1/s1. The summed E-state index contributed by atoms with van der Waals surface area (Å²) in [6.45, 7) is 5.05. The molecule has 0 radical (unpaired) electrons. The van der Waals surface area contributed by atoms with Crippen LogP contribution in [0.2, 0.25) is 0 Å². The highest BCUT2D eigenvalue weighted by Gasteiger charge is 2.25. The Labute approximate surface area is 114 Å². The Morgan fingerprint density at radius 1 is 1.47 bits per heavy atom. The maximum absolute atomic E-state index is 11.9. The molecule has 1 atom stereocenters. The smallest absolute Gasteiger partial charge is 0.339 e. The third kappa shape index (κ3) is 3.07. The monoisotopic (exact) mass is 262 g/mol. The molecule has 1 aromatic rings. The SMILES string of the molecule is CCC[C@@H]1CNCCN1c1ccccc1C(=O)OC. The van der Waals surface area contributed by atoms with Crippen LogP contribution in [0.3, 0.4) is 0 Å². The molecule has 1 fully saturated rings. The molecular formula is C15H22N2O2. The topological polar surface area (TPSA) is 41.6 Å². The first-order valence-corrected chi connectivity index (χ1v) is 6.92. The van der Waals surface area contributed by atoms with Crippen LogP contribution >= 0.6 is 0 Å². The summed E-state index contributed by atoms with van der Waals surface area (Å²) in [4.78, 5) is 14.2. The average molecular weight is 262 g/mol. The Balaban J connectivity index is 2.30. The number of hydrogen-bond acceptors (Lipinski definition) is 4. The van der Waals surface area contributed by atoms with Gasteiger partial charge in [-0.25, -0.2) is 4.79 Å². The average Bonchev–Trinajstić information content (AvgIpc) is 2.47. The second kappa shape index (κ2) is 6.57. The van der Waals surface area contributed by atoms with Gasteiger partial charge in [0.2, 0.25) is 0 Å². The van der Waals surface area contributed by atoms with E-state index in [0.717, 1.165) is 38.2 Å². The summed E-state index contributed by atoms with van der Waals surface area (Å²) >= 11 is 0. The van der Waals surface area contributed by atoms with Gasteiger partial charge in [-0.2, -0.15) is 0 Å². The summed E-state index contributed by atoms with van der Waals surface area (Å²) in [5.74, 6) is -0.260. The highest BCUT2D eigenvalue weighted by atomic mass is 16.5. The Morgan fingerprint density at radius 2 is 2.26 bits per heavy atom. The zero-order valence-corrected chi connectivity index (χ0v) is 11.7. The zero-order chi connectivity index (χ0) is 13.7. The Bertz CT molecular complexity index is 432. The molecule has 0 bridgehead atoms. The van der Waals surface area contributed by atoms with Crippen molar-refractivity contribution in [3.05, 3.63) is 29.8 Å². The van der Waals surface area contributed by atoms with E-state index >= 15 is 0 Å². The molecule has 4 heteroatoms. The number of nitrogens with zero attached hydrogens (tertiary/aromatic N) is 1.